The second-order valence-corrected chi connectivity index (χ2v) is 4.81. The zero-order valence-corrected chi connectivity index (χ0v) is 11.0. The number of pyridine rings is 1. The summed E-state index contributed by atoms with van der Waals surface area (Å²) in [6.07, 6.45) is 2.67. The van der Waals surface area contributed by atoms with Crippen molar-refractivity contribution in [2.45, 2.75) is 6.04 Å². The van der Waals surface area contributed by atoms with Gasteiger partial charge in [0.05, 0.1) is 17.3 Å². The average Bonchev–Trinajstić information content (AvgIpc) is 2.32. The second kappa shape index (κ2) is 5.12. The van der Waals surface area contributed by atoms with Crippen molar-refractivity contribution in [2.24, 2.45) is 5.73 Å². The molecule has 17 heavy (non-hydrogen) atoms. The molecule has 0 amide bonds. The van der Waals surface area contributed by atoms with E-state index in [0.717, 1.165) is 16.2 Å². The number of nitrogens with two attached hydrogens (primary N) is 1. The minimum absolute atomic E-state index is 0.411. The number of benzene rings is 1. The molecule has 0 fully saturated rings. The van der Waals surface area contributed by atoms with Gasteiger partial charge in [-0.3, -0.25) is 4.98 Å². The first-order chi connectivity index (χ1) is 8.09. The minimum Gasteiger partial charge on any atom is -0.320 e. The van der Waals surface area contributed by atoms with Crippen molar-refractivity contribution in [2.75, 3.05) is 0 Å². The Morgan fingerprint density at radius 2 is 2.12 bits per heavy atom. The van der Waals surface area contributed by atoms with Crippen molar-refractivity contribution in [3.8, 4) is 0 Å². The molecular formula is C12H9BrClFN2. The van der Waals surface area contributed by atoms with Gasteiger partial charge in [0.25, 0.3) is 0 Å². The van der Waals surface area contributed by atoms with Gasteiger partial charge in [0.1, 0.15) is 5.82 Å². The first-order valence-electron chi connectivity index (χ1n) is 4.89. The van der Waals surface area contributed by atoms with Gasteiger partial charge >= 0.3 is 0 Å². The van der Waals surface area contributed by atoms with E-state index < -0.39 is 11.9 Å². The van der Waals surface area contributed by atoms with Crippen molar-refractivity contribution in [3.05, 3.63) is 63.1 Å². The van der Waals surface area contributed by atoms with Crippen LogP contribution in [0.2, 0.25) is 5.02 Å². The summed E-state index contributed by atoms with van der Waals surface area (Å²) in [5.41, 5.74) is 7.20. The van der Waals surface area contributed by atoms with E-state index in [1.165, 1.54) is 6.20 Å². The van der Waals surface area contributed by atoms with Gasteiger partial charge in [-0.15, -0.1) is 0 Å². The van der Waals surface area contributed by atoms with E-state index in [2.05, 4.69) is 20.9 Å². The summed E-state index contributed by atoms with van der Waals surface area (Å²) in [5.74, 6) is -0.411. The molecule has 0 bridgehead atoms. The number of hydrogen-bond acceptors (Lipinski definition) is 2. The third-order valence-corrected chi connectivity index (χ3v) is 3.66. The van der Waals surface area contributed by atoms with E-state index in [1.807, 2.05) is 0 Å². The molecule has 2 rings (SSSR count). The molecule has 0 saturated heterocycles. The van der Waals surface area contributed by atoms with Crippen LogP contribution in [0.3, 0.4) is 0 Å². The van der Waals surface area contributed by atoms with Crippen LogP contribution in [-0.2, 0) is 0 Å². The number of nitrogens with zero attached hydrogens (tertiary/aromatic N) is 1. The highest BCUT2D eigenvalue weighted by Crippen LogP contribution is 2.28. The Morgan fingerprint density at radius 1 is 1.35 bits per heavy atom. The summed E-state index contributed by atoms with van der Waals surface area (Å²) in [5, 5.41) is 0.594. The lowest BCUT2D eigenvalue weighted by Gasteiger charge is -2.13. The minimum atomic E-state index is -0.536. The van der Waals surface area contributed by atoms with Crippen LogP contribution in [0.25, 0.3) is 0 Å². The molecule has 0 aliphatic carbocycles. The van der Waals surface area contributed by atoms with Gasteiger partial charge in [0.15, 0.2) is 0 Å². The molecule has 2 aromatic rings. The average molecular weight is 316 g/mol. The topological polar surface area (TPSA) is 38.9 Å². The van der Waals surface area contributed by atoms with Crippen LogP contribution in [0.15, 0.2) is 41.1 Å². The maximum atomic E-state index is 13.5. The molecule has 2 N–H and O–H groups in total. The van der Waals surface area contributed by atoms with Crippen molar-refractivity contribution < 1.29 is 4.39 Å². The molecule has 0 radical (unpaired) electrons. The van der Waals surface area contributed by atoms with Crippen LogP contribution in [-0.4, -0.2) is 4.98 Å². The molecule has 1 aromatic heterocycles. The predicted octanol–water partition coefficient (Wildman–Crippen LogP) is 3.68. The highest BCUT2D eigenvalue weighted by molar-refractivity contribution is 9.10. The summed E-state index contributed by atoms with van der Waals surface area (Å²) in [6, 6.07) is 6.32. The van der Waals surface area contributed by atoms with Gasteiger partial charge in [0.2, 0.25) is 0 Å². The number of hydrogen-bond donors (Lipinski definition) is 1. The number of rotatable bonds is 2. The Kier molecular flexibility index (Phi) is 3.76. The third-order valence-electron chi connectivity index (χ3n) is 2.44. The van der Waals surface area contributed by atoms with Crippen molar-refractivity contribution in [1.29, 1.82) is 0 Å². The molecule has 0 aliphatic rings. The van der Waals surface area contributed by atoms with E-state index in [-0.39, 0.29) is 0 Å². The lowest BCUT2D eigenvalue weighted by atomic mass is 10.0. The second-order valence-electron chi connectivity index (χ2n) is 3.55. The van der Waals surface area contributed by atoms with Crippen molar-refractivity contribution in [1.82, 2.24) is 4.98 Å². The van der Waals surface area contributed by atoms with Crippen LogP contribution in [0.4, 0.5) is 4.39 Å². The molecule has 1 heterocycles. The van der Waals surface area contributed by atoms with E-state index in [0.29, 0.717) is 10.6 Å². The number of halogens is 3. The van der Waals surface area contributed by atoms with Crippen molar-refractivity contribution in [3.63, 3.8) is 0 Å². The SMILES string of the molecule is NC(c1ccc(Cl)c(Br)c1)c1ccncc1F. The molecule has 0 spiro atoms. The van der Waals surface area contributed by atoms with Gasteiger partial charge in [-0.1, -0.05) is 17.7 Å². The van der Waals surface area contributed by atoms with Gasteiger partial charge in [-0.2, -0.15) is 0 Å². The first kappa shape index (κ1) is 12.5. The third kappa shape index (κ3) is 2.65. The summed E-state index contributed by atoms with van der Waals surface area (Å²) in [4.78, 5) is 3.69. The van der Waals surface area contributed by atoms with Crippen LogP contribution in [0.5, 0.6) is 0 Å². The fraction of sp³-hybridized carbons (Fsp3) is 0.0833. The fourth-order valence-corrected chi connectivity index (χ4v) is 2.04. The molecule has 0 aliphatic heterocycles. The Hall–Kier alpha value is -0.970. The van der Waals surface area contributed by atoms with Gasteiger partial charge in [-0.05, 0) is 39.7 Å². The van der Waals surface area contributed by atoms with Crippen LogP contribution < -0.4 is 5.73 Å². The molecule has 1 unspecified atom stereocenters. The molecule has 2 nitrogen and oxygen atoms in total. The first-order valence-corrected chi connectivity index (χ1v) is 6.06. The molecule has 0 saturated carbocycles. The van der Waals surface area contributed by atoms with Crippen LogP contribution in [0.1, 0.15) is 17.2 Å². The van der Waals surface area contributed by atoms with Crippen LogP contribution >= 0.6 is 27.5 Å². The van der Waals surface area contributed by atoms with E-state index in [4.69, 9.17) is 17.3 Å². The summed E-state index contributed by atoms with van der Waals surface area (Å²) >= 11 is 9.20. The zero-order chi connectivity index (χ0) is 12.4. The zero-order valence-electron chi connectivity index (χ0n) is 8.70. The molecular weight excluding hydrogens is 307 g/mol. The van der Waals surface area contributed by atoms with Crippen molar-refractivity contribution >= 4 is 27.5 Å². The lowest BCUT2D eigenvalue weighted by Crippen LogP contribution is -2.13. The monoisotopic (exact) mass is 314 g/mol. The van der Waals surface area contributed by atoms with E-state index >= 15 is 0 Å². The lowest BCUT2D eigenvalue weighted by molar-refractivity contribution is 0.593. The fourth-order valence-electron chi connectivity index (χ4n) is 1.52. The highest BCUT2D eigenvalue weighted by atomic mass is 79.9. The maximum absolute atomic E-state index is 13.5. The smallest absolute Gasteiger partial charge is 0.146 e. The predicted molar refractivity (Wildman–Crippen MR) is 69.4 cm³/mol. The maximum Gasteiger partial charge on any atom is 0.146 e. The van der Waals surface area contributed by atoms with E-state index in [1.54, 1.807) is 24.3 Å². The summed E-state index contributed by atoms with van der Waals surface area (Å²) < 4.78 is 14.3. The summed E-state index contributed by atoms with van der Waals surface area (Å²) in [6.45, 7) is 0. The normalized spacial score (nSPS) is 12.5. The highest BCUT2D eigenvalue weighted by Gasteiger charge is 2.14. The quantitative estimate of drug-likeness (QED) is 0.918. The Labute approximate surface area is 112 Å². The standard InChI is InChI=1S/C12H9BrClFN2/c13-9-5-7(1-2-10(9)14)12(16)8-3-4-17-6-11(8)15/h1-6,12H,16H2. The van der Waals surface area contributed by atoms with Gasteiger partial charge in [-0.25, -0.2) is 4.39 Å². The Balaban J connectivity index is 2.40. The largest absolute Gasteiger partial charge is 0.320 e. The Morgan fingerprint density at radius 3 is 2.76 bits per heavy atom. The molecule has 88 valence electrons. The van der Waals surface area contributed by atoms with Gasteiger partial charge in [0, 0.05) is 16.2 Å². The summed E-state index contributed by atoms with van der Waals surface area (Å²) in [7, 11) is 0. The van der Waals surface area contributed by atoms with Gasteiger partial charge < -0.3 is 5.73 Å². The number of aromatic nitrogens is 1. The molecule has 1 aromatic carbocycles. The Bertz CT molecular complexity index is 548. The van der Waals surface area contributed by atoms with E-state index in [9.17, 15) is 4.39 Å². The molecule has 1 atom stereocenters. The molecule has 5 heteroatoms. The van der Waals surface area contributed by atoms with Crippen LogP contribution in [0, 0.1) is 5.82 Å².